The maximum atomic E-state index is 12.5. The third-order valence-electron chi connectivity index (χ3n) is 5.21. The van der Waals surface area contributed by atoms with Crippen LogP contribution in [0.3, 0.4) is 0 Å². The van der Waals surface area contributed by atoms with E-state index in [-0.39, 0.29) is 5.91 Å². The molecule has 1 aromatic carbocycles. The number of aromatic amines is 1. The van der Waals surface area contributed by atoms with Crippen molar-refractivity contribution in [1.29, 1.82) is 0 Å². The third kappa shape index (κ3) is 2.63. The van der Waals surface area contributed by atoms with Crippen molar-refractivity contribution in [3.05, 3.63) is 36.0 Å². The van der Waals surface area contributed by atoms with Crippen molar-refractivity contribution < 1.29 is 4.79 Å². The largest absolute Gasteiger partial charge is 0.361 e. The van der Waals surface area contributed by atoms with Gasteiger partial charge >= 0.3 is 0 Å². The summed E-state index contributed by atoms with van der Waals surface area (Å²) in [6.07, 6.45) is 8.40. The molecule has 1 aliphatic heterocycles. The first-order valence-corrected chi connectivity index (χ1v) is 8.42. The number of nitrogens with one attached hydrogen (secondary N) is 2. The number of fused-ring (bicyclic) bond motifs is 1. The van der Waals surface area contributed by atoms with Crippen molar-refractivity contribution in [2.24, 2.45) is 0 Å². The molecule has 2 N–H and O–H groups in total. The molecule has 1 atom stereocenters. The molecule has 2 aromatic rings. The maximum Gasteiger partial charge on any atom is 0.251 e. The predicted octanol–water partition coefficient (Wildman–Crippen LogP) is 2.91. The van der Waals surface area contributed by atoms with Crippen LogP contribution < -0.4 is 5.32 Å². The van der Waals surface area contributed by atoms with E-state index in [1.54, 1.807) is 0 Å². The lowest BCUT2D eigenvalue weighted by molar-refractivity contribution is 0.0936. The Kier molecular flexibility index (Phi) is 3.62. The standard InChI is InChI=1S/C18H23N3O/c22-18(14-6-5-13-7-9-19-17(13)11-14)20-15-8-10-21(12-15)16-3-1-2-4-16/h5-7,9,11,15-16,19H,1-4,8,10,12H2,(H,20,22)/t15-/m0/s1. The number of carbonyl (C=O) groups excluding carboxylic acids is 1. The number of rotatable bonds is 3. The molecular weight excluding hydrogens is 274 g/mol. The highest BCUT2D eigenvalue weighted by Gasteiger charge is 2.30. The number of aromatic nitrogens is 1. The van der Waals surface area contributed by atoms with E-state index in [0.29, 0.717) is 6.04 Å². The lowest BCUT2D eigenvalue weighted by atomic mass is 10.1. The average Bonchev–Trinajstić information content (AvgIpc) is 3.27. The molecule has 4 nitrogen and oxygen atoms in total. The van der Waals surface area contributed by atoms with Crippen molar-refractivity contribution in [1.82, 2.24) is 15.2 Å². The number of carbonyl (C=O) groups is 1. The molecule has 4 heteroatoms. The number of nitrogens with zero attached hydrogens (tertiary/aromatic N) is 1. The van der Waals surface area contributed by atoms with Crippen LogP contribution in [0.1, 0.15) is 42.5 Å². The zero-order valence-corrected chi connectivity index (χ0v) is 12.8. The second-order valence-corrected chi connectivity index (χ2v) is 6.67. The van der Waals surface area contributed by atoms with E-state index >= 15 is 0 Å². The van der Waals surface area contributed by atoms with Gasteiger partial charge in [-0.3, -0.25) is 9.69 Å². The number of H-pyrrole nitrogens is 1. The monoisotopic (exact) mass is 297 g/mol. The summed E-state index contributed by atoms with van der Waals surface area (Å²) in [5.41, 5.74) is 1.76. The summed E-state index contributed by atoms with van der Waals surface area (Å²) in [6, 6.07) is 8.93. The minimum absolute atomic E-state index is 0.0507. The summed E-state index contributed by atoms with van der Waals surface area (Å²) < 4.78 is 0. The molecule has 1 aromatic heterocycles. The molecule has 2 heterocycles. The maximum absolute atomic E-state index is 12.5. The quantitative estimate of drug-likeness (QED) is 0.915. The van der Waals surface area contributed by atoms with Crippen LogP contribution in [0.25, 0.3) is 10.9 Å². The van der Waals surface area contributed by atoms with Gasteiger partial charge in [0.1, 0.15) is 0 Å². The summed E-state index contributed by atoms with van der Waals surface area (Å²) in [4.78, 5) is 18.2. The van der Waals surface area contributed by atoms with Crippen molar-refractivity contribution in [2.45, 2.75) is 44.2 Å². The van der Waals surface area contributed by atoms with Crippen molar-refractivity contribution in [3.63, 3.8) is 0 Å². The SMILES string of the molecule is O=C(N[C@H]1CCN(C2CCCC2)C1)c1ccc2cc[nH]c2c1. The predicted molar refractivity (Wildman–Crippen MR) is 88.0 cm³/mol. The molecule has 22 heavy (non-hydrogen) atoms. The third-order valence-corrected chi connectivity index (χ3v) is 5.21. The van der Waals surface area contributed by atoms with Gasteiger partial charge in [-0.15, -0.1) is 0 Å². The highest BCUT2D eigenvalue weighted by atomic mass is 16.1. The van der Waals surface area contributed by atoms with E-state index in [1.165, 1.54) is 25.7 Å². The molecule has 1 saturated heterocycles. The smallest absolute Gasteiger partial charge is 0.251 e. The molecular formula is C18H23N3O. The summed E-state index contributed by atoms with van der Waals surface area (Å²) in [5.74, 6) is 0.0507. The van der Waals surface area contributed by atoms with Crippen LogP contribution >= 0.6 is 0 Å². The Balaban J connectivity index is 1.39. The fourth-order valence-corrected chi connectivity index (χ4v) is 3.96. The second kappa shape index (κ2) is 5.76. The highest BCUT2D eigenvalue weighted by molar-refractivity contribution is 5.98. The van der Waals surface area contributed by atoms with Gasteiger partial charge in [0.2, 0.25) is 0 Å². The van der Waals surface area contributed by atoms with Gasteiger partial charge in [-0.25, -0.2) is 0 Å². The number of amides is 1. The molecule has 2 fully saturated rings. The van der Waals surface area contributed by atoms with Crippen molar-refractivity contribution in [2.75, 3.05) is 13.1 Å². The van der Waals surface area contributed by atoms with Crippen LogP contribution in [0.2, 0.25) is 0 Å². The van der Waals surface area contributed by atoms with Crippen LogP contribution in [0.15, 0.2) is 30.5 Å². The van der Waals surface area contributed by atoms with E-state index in [1.807, 2.05) is 30.5 Å². The zero-order chi connectivity index (χ0) is 14.9. The number of hydrogen-bond acceptors (Lipinski definition) is 2. The first kappa shape index (κ1) is 13.8. The Hall–Kier alpha value is -1.81. The van der Waals surface area contributed by atoms with Gasteiger partial charge in [0.25, 0.3) is 5.91 Å². The Labute approximate surface area is 130 Å². The molecule has 2 aliphatic rings. The minimum Gasteiger partial charge on any atom is -0.361 e. The fourth-order valence-electron chi connectivity index (χ4n) is 3.96. The average molecular weight is 297 g/mol. The summed E-state index contributed by atoms with van der Waals surface area (Å²) >= 11 is 0. The molecule has 0 spiro atoms. The Morgan fingerprint density at radius 2 is 2.05 bits per heavy atom. The highest BCUT2D eigenvalue weighted by Crippen LogP contribution is 2.26. The van der Waals surface area contributed by atoms with Gasteiger partial charge in [-0.1, -0.05) is 18.9 Å². The molecule has 116 valence electrons. The van der Waals surface area contributed by atoms with E-state index in [4.69, 9.17) is 0 Å². The first-order valence-electron chi connectivity index (χ1n) is 8.42. The van der Waals surface area contributed by atoms with E-state index < -0.39 is 0 Å². The van der Waals surface area contributed by atoms with Crippen molar-refractivity contribution in [3.8, 4) is 0 Å². The van der Waals surface area contributed by atoms with Crippen LogP contribution in [-0.2, 0) is 0 Å². The second-order valence-electron chi connectivity index (χ2n) is 6.67. The Morgan fingerprint density at radius 3 is 2.91 bits per heavy atom. The normalized spacial score (nSPS) is 23.4. The van der Waals surface area contributed by atoms with Crippen LogP contribution in [0.4, 0.5) is 0 Å². The molecule has 1 saturated carbocycles. The zero-order valence-electron chi connectivity index (χ0n) is 12.8. The van der Waals surface area contributed by atoms with E-state index in [9.17, 15) is 4.79 Å². The van der Waals surface area contributed by atoms with E-state index in [0.717, 1.165) is 42.0 Å². The number of likely N-dealkylation sites (tertiary alicyclic amines) is 1. The minimum atomic E-state index is 0.0507. The molecule has 1 aliphatic carbocycles. The van der Waals surface area contributed by atoms with Crippen LogP contribution in [0.5, 0.6) is 0 Å². The van der Waals surface area contributed by atoms with Crippen LogP contribution in [-0.4, -0.2) is 41.0 Å². The lowest BCUT2D eigenvalue weighted by Gasteiger charge is -2.23. The molecule has 0 bridgehead atoms. The number of benzene rings is 1. The topological polar surface area (TPSA) is 48.1 Å². The summed E-state index contributed by atoms with van der Waals surface area (Å²) in [5, 5.41) is 4.35. The van der Waals surface area contributed by atoms with Gasteiger partial charge in [-0.05, 0) is 42.8 Å². The molecule has 1 amide bonds. The lowest BCUT2D eigenvalue weighted by Crippen LogP contribution is -2.39. The molecule has 0 radical (unpaired) electrons. The summed E-state index contributed by atoms with van der Waals surface area (Å²) in [6.45, 7) is 2.15. The number of hydrogen-bond donors (Lipinski definition) is 2. The first-order chi connectivity index (χ1) is 10.8. The van der Waals surface area contributed by atoms with Gasteiger partial charge in [0.05, 0.1) is 0 Å². The van der Waals surface area contributed by atoms with Crippen LogP contribution in [0, 0.1) is 0 Å². The van der Waals surface area contributed by atoms with Gasteiger partial charge in [-0.2, -0.15) is 0 Å². The molecule has 0 unspecified atom stereocenters. The molecule has 4 rings (SSSR count). The Bertz CT molecular complexity index is 672. The fraction of sp³-hybridized carbons (Fsp3) is 0.500. The Morgan fingerprint density at radius 1 is 1.18 bits per heavy atom. The van der Waals surface area contributed by atoms with Crippen molar-refractivity contribution >= 4 is 16.8 Å². The van der Waals surface area contributed by atoms with Gasteiger partial charge in [0.15, 0.2) is 0 Å². The van der Waals surface area contributed by atoms with Gasteiger partial charge < -0.3 is 10.3 Å². The van der Waals surface area contributed by atoms with E-state index in [2.05, 4.69) is 15.2 Å². The van der Waals surface area contributed by atoms with Gasteiger partial charge in [0, 0.05) is 42.5 Å². The summed E-state index contributed by atoms with van der Waals surface area (Å²) in [7, 11) is 0.